The molecule has 0 spiro atoms. The third kappa shape index (κ3) is 3.24. The van der Waals surface area contributed by atoms with Crippen LogP contribution in [0.15, 0.2) is 39.9 Å². The molecule has 0 bridgehead atoms. The molecule has 3 rings (SSSR count). The molecule has 1 fully saturated rings. The first kappa shape index (κ1) is 16.4. The second-order valence-corrected chi connectivity index (χ2v) is 6.61. The highest BCUT2D eigenvalue weighted by molar-refractivity contribution is 9.10. The summed E-state index contributed by atoms with van der Waals surface area (Å²) < 4.78 is 2.17. The SMILES string of the molecule is N#Cc1cnn(/C(=N\C2CCCC2)C(=O)c2ccc(Br)cc2)c1N. The molecule has 1 aliphatic carbocycles. The molecule has 1 saturated carbocycles. The topological polar surface area (TPSA) is 97.1 Å². The van der Waals surface area contributed by atoms with E-state index in [-0.39, 0.29) is 29.0 Å². The molecule has 24 heavy (non-hydrogen) atoms. The van der Waals surface area contributed by atoms with Crippen molar-refractivity contribution in [1.29, 1.82) is 5.26 Å². The number of Topliss-reactive ketones (excluding diaryl/α,β-unsaturated/α-hetero) is 1. The normalized spacial score (nSPS) is 15.4. The third-order valence-corrected chi connectivity index (χ3v) is 4.60. The fraction of sp³-hybridized carbons (Fsp3) is 0.294. The van der Waals surface area contributed by atoms with Crippen LogP contribution >= 0.6 is 15.9 Å². The van der Waals surface area contributed by atoms with Crippen LogP contribution in [-0.4, -0.2) is 27.4 Å². The third-order valence-electron chi connectivity index (χ3n) is 4.07. The van der Waals surface area contributed by atoms with Crippen LogP contribution in [0.2, 0.25) is 0 Å². The molecule has 7 heteroatoms. The van der Waals surface area contributed by atoms with E-state index in [4.69, 9.17) is 11.0 Å². The molecule has 2 N–H and O–H groups in total. The van der Waals surface area contributed by atoms with E-state index in [1.165, 1.54) is 10.9 Å². The molecule has 0 saturated heterocycles. The first-order chi connectivity index (χ1) is 11.6. The summed E-state index contributed by atoms with van der Waals surface area (Å²) in [5, 5.41) is 13.2. The molecule has 0 amide bonds. The number of benzene rings is 1. The first-order valence-electron chi connectivity index (χ1n) is 7.72. The van der Waals surface area contributed by atoms with Gasteiger partial charge in [-0.3, -0.25) is 9.79 Å². The number of nitriles is 1. The average Bonchev–Trinajstić information content (AvgIpc) is 3.22. The summed E-state index contributed by atoms with van der Waals surface area (Å²) in [4.78, 5) is 17.6. The van der Waals surface area contributed by atoms with Crippen molar-refractivity contribution in [2.75, 3.05) is 5.73 Å². The summed E-state index contributed by atoms with van der Waals surface area (Å²) in [7, 11) is 0. The van der Waals surface area contributed by atoms with E-state index in [1.54, 1.807) is 24.3 Å². The second-order valence-electron chi connectivity index (χ2n) is 5.69. The van der Waals surface area contributed by atoms with Gasteiger partial charge in [-0.25, -0.2) is 0 Å². The minimum Gasteiger partial charge on any atom is -0.382 e. The quantitative estimate of drug-likeness (QED) is 0.498. The van der Waals surface area contributed by atoms with E-state index in [1.807, 2.05) is 6.07 Å². The Morgan fingerprint density at radius 2 is 2.00 bits per heavy atom. The van der Waals surface area contributed by atoms with E-state index >= 15 is 0 Å². The summed E-state index contributed by atoms with van der Waals surface area (Å²) in [6, 6.07) is 9.11. The first-order valence-corrected chi connectivity index (χ1v) is 8.51. The largest absolute Gasteiger partial charge is 0.382 e. The number of halogens is 1. The van der Waals surface area contributed by atoms with Gasteiger partial charge in [0.05, 0.1) is 12.2 Å². The van der Waals surface area contributed by atoms with Gasteiger partial charge in [-0.1, -0.05) is 28.8 Å². The van der Waals surface area contributed by atoms with Gasteiger partial charge in [0.15, 0.2) is 5.84 Å². The van der Waals surface area contributed by atoms with Crippen LogP contribution in [-0.2, 0) is 0 Å². The van der Waals surface area contributed by atoms with Crippen LogP contribution in [0.3, 0.4) is 0 Å². The fourth-order valence-electron chi connectivity index (χ4n) is 2.76. The minimum absolute atomic E-state index is 0.0912. The van der Waals surface area contributed by atoms with Gasteiger partial charge in [-0.2, -0.15) is 15.0 Å². The molecule has 1 aromatic heterocycles. The highest BCUT2D eigenvalue weighted by atomic mass is 79.9. The molecule has 2 aromatic rings. The lowest BCUT2D eigenvalue weighted by Crippen LogP contribution is -2.27. The smallest absolute Gasteiger partial charge is 0.229 e. The number of nitrogen functional groups attached to an aromatic ring is 1. The number of ketones is 1. The van der Waals surface area contributed by atoms with Crippen molar-refractivity contribution in [3.05, 3.63) is 46.1 Å². The van der Waals surface area contributed by atoms with Crippen LogP contribution in [0.25, 0.3) is 0 Å². The maximum atomic E-state index is 12.9. The predicted octanol–water partition coefficient (Wildman–Crippen LogP) is 3.17. The Morgan fingerprint density at radius 1 is 1.33 bits per heavy atom. The van der Waals surface area contributed by atoms with E-state index in [0.717, 1.165) is 30.2 Å². The van der Waals surface area contributed by atoms with Gasteiger partial charge in [-0.15, -0.1) is 0 Å². The maximum absolute atomic E-state index is 12.9. The molecule has 1 aliphatic rings. The van der Waals surface area contributed by atoms with E-state index in [0.29, 0.717) is 5.56 Å². The number of aliphatic imine (C=N–C) groups is 1. The molecule has 0 radical (unpaired) electrons. The monoisotopic (exact) mass is 385 g/mol. The van der Waals surface area contributed by atoms with E-state index < -0.39 is 0 Å². The van der Waals surface area contributed by atoms with Crippen molar-refractivity contribution in [3.63, 3.8) is 0 Å². The van der Waals surface area contributed by atoms with Crippen LogP contribution < -0.4 is 5.73 Å². The zero-order valence-electron chi connectivity index (χ0n) is 12.9. The van der Waals surface area contributed by atoms with Crippen LogP contribution in [0.1, 0.15) is 41.6 Å². The van der Waals surface area contributed by atoms with Gasteiger partial charge in [0, 0.05) is 10.0 Å². The van der Waals surface area contributed by atoms with Crippen molar-refractivity contribution in [1.82, 2.24) is 9.78 Å². The van der Waals surface area contributed by atoms with Gasteiger partial charge in [0.25, 0.3) is 0 Å². The van der Waals surface area contributed by atoms with Crippen LogP contribution in [0.5, 0.6) is 0 Å². The molecule has 1 heterocycles. The lowest BCUT2D eigenvalue weighted by Gasteiger charge is -2.11. The second kappa shape index (κ2) is 6.97. The average molecular weight is 386 g/mol. The zero-order chi connectivity index (χ0) is 17.1. The number of carbonyl (C=O) groups is 1. The van der Waals surface area contributed by atoms with E-state index in [9.17, 15) is 4.79 Å². The summed E-state index contributed by atoms with van der Waals surface area (Å²) in [5.74, 6) is 0.0524. The highest BCUT2D eigenvalue weighted by Crippen LogP contribution is 2.23. The molecule has 6 nitrogen and oxygen atoms in total. The van der Waals surface area contributed by atoms with Gasteiger partial charge in [0.1, 0.15) is 17.5 Å². The van der Waals surface area contributed by atoms with Crippen molar-refractivity contribution in [2.45, 2.75) is 31.7 Å². The minimum atomic E-state index is -0.256. The van der Waals surface area contributed by atoms with Crippen molar-refractivity contribution >= 4 is 33.4 Å². The Balaban J connectivity index is 2.04. The van der Waals surface area contributed by atoms with Crippen molar-refractivity contribution in [2.24, 2.45) is 4.99 Å². The van der Waals surface area contributed by atoms with Gasteiger partial charge >= 0.3 is 0 Å². The standard InChI is InChI=1S/C17H16BrN5O/c18-13-7-5-11(6-8-13)15(24)17(22-14-3-1-2-4-14)23-16(20)12(9-19)10-21-23/h5-8,10,14H,1-4,20H2/b22-17-. The molecular formula is C17H16BrN5O. The number of rotatable bonds is 3. The molecule has 122 valence electrons. The molecule has 0 unspecified atom stereocenters. The van der Waals surface area contributed by atoms with Crippen molar-refractivity contribution in [3.8, 4) is 6.07 Å². The summed E-state index contributed by atoms with van der Waals surface area (Å²) in [5.41, 5.74) is 6.70. The van der Waals surface area contributed by atoms with Crippen LogP contribution in [0, 0.1) is 11.3 Å². The number of hydrogen-bond donors (Lipinski definition) is 1. The Hall–Kier alpha value is -2.46. The number of nitrogens with two attached hydrogens (primary N) is 1. The summed E-state index contributed by atoms with van der Waals surface area (Å²) in [6.07, 6.45) is 5.46. The number of anilines is 1. The highest BCUT2D eigenvalue weighted by Gasteiger charge is 2.24. The van der Waals surface area contributed by atoms with Crippen molar-refractivity contribution < 1.29 is 4.79 Å². The number of hydrogen-bond acceptors (Lipinski definition) is 5. The van der Waals surface area contributed by atoms with Gasteiger partial charge in [0.2, 0.25) is 5.78 Å². The Labute approximate surface area is 148 Å². The lowest BCUT2D eigenvalue weighted by molar-refractivity contribution is 0.106. The predicted molar refractivity (Wildman–Crippen MR) is 94.9 cm³/mol. The Kier molecular flexibility index (Phi) is 4.76. The zero-order valence-corrected chi connectivity index (χ0v) is 14.5. The summed E-state index contributed by atoms with van der Waals surface area (Å²) >= 11 is 3.36. The maximum Gasteiger partial charge on any atom is 0.229 e. The van der Waals surface area contributed by atoms with E-state index in [2.05, 4.69) is 26.0 Å². The van der Waals surface area contributed by atoms with Crippen LogP contribution in [0.4, 0.5) is 5.82 Å². The molecule has 0 atom stereocenters. The summed E-state index contributed by atoms with van der Waals surface area (Å²) in [6.45, 7) is 0. The molecule has 1 aromatic carbocycles. The number of carbonyl (C=O) groups excluding carboxylic acids is 1. The number of nitrogens with zero attached hydrogens (tertiary/aromatic N) is 4. The lowest BCUT2D eigenvalue weighted by atomic mass is 10.1. The number of aromatic nitrogens is 2. The molecular weight excluding hydrogens is 370 g/mol. The van der Waals surface area contributed by atoms with Gasteiger partial charge in [-0.05, 0) is 37.1 Å². The Bertz CT molecular complexity index is 826. The fourth-order valence-corrected chi connectivity index (χ4v) is 3.02. The Morgan fingerprint density at radius 3 is 2.58 bits per heavy atom. The van der Waals surface area contributed by atoms with Gasteiger partial charge < -0.3 is 5.73 Å². The molecule has 0 aliphatic heterocycles.